The number of H-pyrrole nitrogens is 1. The molecule has 1 unspecified atom stereocenters. The van der Waals surface area contributed by atoms with E-state index < -0.39 is 0 Å². The molecule has 1 atom stereocenters. The maximum atomic E-state index is 12.5. The van der Waals surface area contributed by atoms with Crippen molar-refractivity contribution in [1.82, 2.24) is 9.55 Å². The fraction of sp³-hybridized carbons (Fsp3) is 0.500. The Morgan fingerprint density at radius 2 is 2.44 bits per heavy atom. The second-order valence-corrected chi connectivity index (χ2v) is 6.19. The number of nitrogens with one attached hydrogen (secondary N) is 1. The number of hydrogen-bond donors (Lipinski definition) is 1. The third kappa shape index (κ3) is 1.75. The van der Waals surface area contributed by atoms with Crippen molar-refractivity contribution in [2.45, 2.75) is 25.3 Å². The predicted octanol–water partition coefficient (Wildman–Crippen LogP) is 2.65. The molecular weight excluding hydrogens is 268 g/mol. The molecule has 6 heteroatoms. The number of aromatic amines is 1. The van der Waals surface area contributed by atoms with Crippen LogP contribution >= 0.6 is 23.6 Å². The SMILES string of the molecule is CC1(n2c(=S)[nH]c3ccsc3c2=O)CCCOC1. The van der Waals surface area contributed by atoms with Gasteiger partial charge in [-0.1, -0.05) is 0 Å². The molecule has 0 bridgehead atoms. The average Bonchev–Trinajstić information content (AvgIpc) is 2.77. The van der Waals surface area contributed by atoms with Crippen molar-refractivity contribution in [3.05, 3.63) is 26.6 Å². The molecule has 0 aliphatic carbocycles. The molecule has 1 fully saturated rings. The summed E-state index contributed by atoms with van der Waals surface area (Å²) in [7, 11) is 0. The summed E-state index contributed by atoms with van der Waals surface area (Å²) in [5.41, 5.74) is 0.490. The van der Waals surface area contributed by atoms with E-state index in [2.05, 4.69) is 4.98 Å². The van der Waals surface area contributed by atoms with Gasteiger partial charge >= 0.3 is 0 Å². The summed E-state index contributed by atoms with van der Waals surface area (Å²) < 4.78 is 8.44. The van der Waals surface area contributed by atoms with Crippen molar-refractivity contribution in [2.75, 3.05) is 13.2 Å². The first-order valence-corrected chi connectivity index (χ1v) is 7.21. The second-order valence-electron chi connectivity index (χ2n) is 4.89. The second kappa shape index (κ2) is 4.29. The molecule has 0 saturated carbocycles. The number of rotatable bonds is 1. The molecule has 2 aromatic rings. The molecule has 0 radical (unpaired) electrons. The Balaban J connectivity index is 2.28. The summed E-state index contributed by atoms with van der Waals surface area (Å²) in [4.78, 5) is 15.7. The summed E-state index contributed by atoms with van der Waals surface area (Å²) in [5, 5.41) is 1.90. The lowest BCUT2D eigenvalue weighted by Crippen LogP contribution is -2.45. The first kappa shape index (κ1) is 12.1. The van der Waals surface area contributed by atoms with Crippen LogP contribution in [0.2, 0.25) is 0 Å². The van der Waals surface area contributed by atoms with E-state index in [1.165, 1.54) is 11.3 Å². The molecule has 2 aromatic heterocycles. The molecule has 0 spiro atoms. The Morgan fingerprint density at radius 1 is 1.61 bits per heavy atom. The van der Waals surface area contributed by atoms with E-state index in [4.69, 9.17) is 17.0 Å². The summed E-state index contributed by atoms with van der Waals surface area (Å²) in [6.45, 7) is 3.35. The van der Waals surface area contributed by atoms with Crippen LogP contribution in [0.4, 0.5) is 0 Å². The molecule has 0 aromatic carbocycles. The minimum atomic E-state index is -0.332. The average molecular weight is 282 g/mol. The molecule has 1 aliphatic heterocycles. The van der Waals surface area contributed by atoms with Crippen LogP contribution in [0, 0.1) is 4.77 Å². The fourth-order valence-electron chi connectivity index (χ4n) is 2.52. The van der Waals surface area contributed by atoms with Gasteiger partial charge in [-0.25, -0.2) is 0 Å². The Kier molecular flexibility index (Phi) is 2.88. The highest BCUT2D eigenvalue weighted by Crippen LogP contribution is 2.27. The van der Waals surface area contributed by atoms with Crippen LogP contribution in [0.5, 0.6) is 0 Å². The minimum absolute atomic E-state index is 0.00301. The molecule has 1 saturated heterocycles. The Bertz CT molecular complexity index is 692. The highest BCUT2D eigenvalue weighted by atomic mass is 32.1. The first-order chi connectivity index (χ1) is 8.62. The lowest BCUT2D eigenvalue weighted by Gasteiger charge is -2.35. The van der Waals surface area contributed by atoms with Crippen LogP contribution in [-0.4, -0.2) is 22.8 Å². The molecule has 1 N–H and O–H groups in total. The first-order valence-electron chi connectivity index (χ1n) is 5.93. The van der Waals surface area contributed by atoms with E-state index >= 15 is 0 Å². The Labute approximate surface area is 113 Å². The smallest absolute Gasteiger partial charge is 0.272 e. The van der Waals surface area contributed by atoms with E-state index in [1.807, 2.05) is 18.4 Å². The molecule has 96 valence electrons. The van der Waals surface area contributed by atoms with Crippen LogP contribution in [0.1, 0.15) is 19.8 Å². The van der Waals surface area contributed by atoms with Gasteiger partial charge in [0.2, 0.25) is 0 Å². The Morgan fingerprint density at radius 3 is 3.17 bits per heavy atom. The van der Waals surface area contributed by atoms with E-state index in [1.54, 1.807) is 4.57 Å². The largest absolute Gasteiger partial charge is 0.379 e. The summed E-state index contributed by atoms with van der Waals surface area (Å²) in [6, 6.07) is 1.89. The number of hydrogen-bond acceptors (Lipinski definition) is 4. The fourth-order valence-corrected chi connectivity index (χ4v) is 3.72. The van der Waals surface area contributed by atoms with Gasteiger partial charge in [0, 0.05) is 6.61 Å². The molecule has 4 nitrogen and oxygen atoms in total. The van der Waals surface area contributed by atoms with Crippen LogP contribution < -0.4 is 5.56 Å². The van der Waals surface area contributed by atoms with Crippen LogP contribution in [-0.2, 0) is 10.3 Å². The molecule has 3 heterocycles. The number of ether oxygens (including phenoxy) is 1. The van der Waals surface area contributed by atoms with Gasteiger partial charge in [-0.15, -0.1) is 11.3 Å². The van der Waals surface area contributed by atoms with Crippen molar-refractivity contribution in [3.8, 4) is 0 Å². The van der Waals surface area contributed by atoms with Crippen LogP contribution in [0.15, 0.2) is 16.2 Å². The van der Waals surface area contributed by atoms with Gasteiger partial charge in [0.1, 0.15) is 4.70 Å². The molecule has 3 rings (SSSR count). The van der Waals surface area contributed by atoms with E-state index in [-0.39, 0.29) is 11.1 Å². The Hall–Kier alpha value is -0.980. The van der Waals surface area contributed by atoms with E-state index in [0.717, 1.165) is 29.7 Å². The number of thiophene rings is 1. The zero-order chi connectivity index (χ0) is 12.8. The van der Waals surface area contributed by atoms with Gasteiger partial charge in [-0.3, -0.25) is 9.36 Å². The van der Waals surface area contributed by atoms with Gasteiger partial charge in [0.25, 0.3) is 5.56 Å². The van der Waals surface area contributed by atoms with Crippen molar-refractivity contribution in [2.24, 2.45) is 0 Å². The van der Waals surface area contributed by atoms with Crippen molar-refractivity contribution in [1.29, 1.82) is 0 Å². The van der Waals surface area contributed by atoms with Gasteiger partial charge in [0.15, 0.2) is 4.77 Å². The minimum Gasteiger partial charge on any atom is -0.379 e. The van der Waals surface area contributed by atoms with Gasteiger partial charge in [0.05, 0.1) is 17.7 Å². The third-order valence-electron chi connectivity index (χ3n) is 3.46. The number of nitrogens with zero attached hydrogens (tertiary/aromatic N) is 1. The number of aromatic nitrogens is 2. The van der Waals surface area contributed by atoms with Crippen molar-refractivity contribution < 1.29 is 4.74 Å². The maximum Gasteiger partial charge on any atom is 0.272 e. The molecule has 1 aliphatic rings. The summed E-state index contributed by atoms with van der Waals surface area (Å²) in [5.74, 6) is 0. The van der Waals surface area contributed by atoms with Crippen molar-refractivity contribution >= 4 is 33.8 Å². The normalized spacial score (nSPS) is 24.5. The van der Waals surface area contributed by atoms with E-state index in [9.17, 15) is 4.79 Å². The lowest BCUT2D eigenvalue weighted by molar-refractivity contribution is 0.00694. The zero-order valence-corrected chi connectivity index (χ0v) is 11.7. The van der Waals surface area contributed by atoms with Gasteiger partial charge in [-0.05, 0) is 43.4 Å². The van der Waals surface area contributed by atoms with Gasteiger partial charge < -0.3 is 9.72 Å². The maximum absolute atomic E-state index is 12.5. The van der Waals surface area contributed by atoms with Gasteiger partial charge in [-0.2, -0.15) is 0 Å². The quantitative estimate of drug-likeness (QED) is 0.818. The lowest BCUT2D eigenvalue weighted by atomic mass is 9.94. The number of fused-ring (bicyclic) bond motifs is 1. The third-order valence-corrected chi connectivity index (χ3v) is 4.65. The van der Waals surface area contributed by atoms with Crippen LogP contribution in [0.25, 0.3) is 10.2 Å². The topological polar surface area (TPSA) is 47.0 Å². The highest BCUT2D eigenvalue weighted by molar-refractivity contribution is 7.71. The van der Waals surface area contributed by atoms with E-state index in [0.29, 0.717) is 11.4 Å². The zero-order valence-electron chi connectivity index (χ0n) is 10.1. The molecule has 0 amide bonds. The predicted molar refractivity (Wildman–Crippen MR) is 75.0 cm³/mol. The molecular formula is C12H14N2O2S2. The standard InChI is InChI=1S/C12H14N2O2S2/c1-12(4-2-5-16-7-12)14-10(15)9-8(3-6-18-9)13-11(14)17/h3,6H,2,4-5,7H2,1H3,(H,13,17). The monoisotopic (exact) mass is 282 g/mol. The van der Waals surface area contributed by atoms with Crippen LogP contribution in [0.3, 0.4) is 0 Å². The summed E-state index contributed by atoms with van der Waals surface area (Å²) in [6.07, 6.45) is 1.88. The summed E-state index contributed by atoms with van der Waals surface area (Å²) >= 11 is 6.79. The molecule has 18 heavy (non-hydrogen) atoms. The van der Waals surface area contributed by atoms with Crippen molar-refractivity contribution in [3.63, 3.8) is 0 Å². The highest BCUT2D eigenvalue weighted by Gasteiger charge is 2.32.